The van der Waals surface area contributed by atoms with Crippen LogP contribution in [0.5, 0.6) is 0 Å². The van der Waals surface area contributed by atoms with Gasteiger partial charge in [0, 0.05) is 0 Å². The van der Waals surface area contributed by atoms with Crippen molar-refractivity contribution in [1.82, 2.24) is 0 Å². The number of hydrogen-bond donors (Lipinski definition) is 0. The van der Waals surface area contributed by atoms with Gasteiger partial charge in [-0.25, -0.2) is 0 Å². The molecular formula is HCl2LiZn. The molecule has 0 fully saturated rings. The molecule has 0 aromatic heterocycles. The molecule has 0 spiro atoms. The van der Waals surface area contributed by atoms with Crippen molar-refractivity contribution in [2.75, 3.05) is 0 Å². The van der Waals surface area contributed by atoms with E-state index in [0.717, 1.165) is 0 Å². The molecule has 18 valence electrons. The summed E-state index contributed by atoms with van der Waals surface area (Å²) in [7, 11) is 9.90. The molecule has 0 aliphatic carbocycles. The zero-order chi connectivity index (χ0) is 2.71. The van der Waals surface area contributed by atoms with E-state index in [4.69, 9.17) is 19.4 Å². The Morgan fingerprint density at radius 2 is 1.25 bits per heavy atom. The third-order valence-electron chi connectivity index (χ3n) is 0. The van der Waals surface area contributed by atoms with Gasteiger partial charge in [0.25, 0.3) is 0 Å². The average molecular weight is 144 g/mol. The molecule has 0 N–H and O–H groups in total. The van der Waals surface area contributed by atoms with Gasteiger partial charge in [0.05, 0.1) is 0 Å². The van der Waals surface area contributed by atoms with Crippen LogP contribution in [0.3, 0.4) is 0 Å². The van der Waals surface area contributed by atoms with Crippen LogP contribution >= 0.6 is 19.4 Å². The first-order chi connectivity index (χ1) is 1.41. The Hall–Kier alpha value is 1.80. The van der Waals surface area contributed by atoms with Gasteiger partial charge in [0.1, 0.15) is 0 Å². The first-order valence-corrected chi connectivity index (χ1v) is 8.33. The summed E-state index contributed by atoms with van der Waals surface area (Å²) in [5.74, 6) is 0. The van der Waals surface area contributed by atoms with Gasteiger partial charge in [-0.05, 0) is 0 Å². The molecule has 0 aromatic rings. The summed E-state index contributed by atoms with van der Waals surface area (Å²) >= 11 is -0.931. The second-order valence-electron chi connectivity index (χ2n) is 0.101. The van der Waals surface area contributed by atoms with E-state index in [1.165, 1.54) is 0 Å². The van der Waals surface area contributed by atoms with Crippen molar-refractivity contribution in [2.45, 2.75) is 0 Å². The molecule has 0 aliphatic rings. The molecule has 0 heterocycles. The second-order valence-corrected chi connectivity index (χ2v) is 4.72. The topological polar surface area (TPSA) is 0 Å². The van der Waals surface area contributed by atoms with Gasteiger partial charge in [0.15, 0.2) is 0 Å². The monoisotopic (exact) mass is 142 g/mol. The van der Waals surface area contributed by atoms with Gasteiger partial charge < -0.3 is 0 Å². The normalized spacial score (nSPS) is 2.50. The molecule has 0 saturated heterocycles. The Morgan fingerprint density at radius 1 is 1.25 bits per heavy atom. The average Bonchev–Trinajstić information content (AvgIpc) is 0.918. The summed E-state index contributed by atoms with van der Waals surface area (Å²) in [5.41, 5.74) is 0. The van der Waals surface area contributed by atoms with Crippen molar-refractivity contribution < 1.29 is 15.1 Å². The van der Waals surface area contributed by atoms with E-state index in [1.807, 2.05) is 0 Å². The van der Waals surface area contributed by atoms with E-state index in [9.17, 15) is 0 Å². The summed E-state index contributed by atoms with van der Waals surface area (Å²) in [6.45, 7) is 0. The van der Waals surface area contributed by atoms with Crippen LogP contribution in [0.25, 0.3) is 0 Å². The molecule has 0 bridgehead atoms. The Bertz CT molecular complexity index is 6.00. The Kier molecular flexibility index (Phi) is 20.5. The molecule has 4 heteroatoms. The van der Waals surface area contributed by atoms with Gasteiger partial charge in [-0.2, -0.15) is 0 Å². The van der Waals surface area contributed by atoms with Crippen LogP contribution in [0, 0.1) is 0 Å². The quantitative estimate of drug-likeness (QED) is 0.440. The minimum atomic E-state index is -0.931. The summed E-state index contributed by atoms with van der Waals surface area (Å²) in [4.78, 5) is 0. The Morgan fingerprint density at radius 3 is 1.25 bits per heavy atom. The van der Waals surface area contributed by atoms with Gasteiger partial charge in [0.2, 0.25) is 0 Å². The van der Waals surface area contributed by atoms with Crippen molar-refractivity contribution in [3.63, 3.8) is 0 Å². The SMILES string of the molecule is [Cl][Zn][Cl].[LiH]. The third kappa shape index (κ3) is 9.19. The van der Waals surface area contributed by atoms with E-state index in [2.05, 4.69) is 0 Å². The van der Waals surface area contributed by atoms with Gasteiger partial charge in [-0.1, -0.05) is 0 Å². The fourth-order valence-electron chi connectivity index (χ4n) is 0. The molecule has 0 nitrogen and oxygen atoms in total. The van der Waals surface area contributed by atoms with E-state index in [0.29, 0.717) is 0 Å². The molecule has 0 aromatic carbocycles. The number of hydrogen-bond acceptors (Lipinski definition) is 0. The van der Waals surface area contributed by atoms with Crippen molar-refractivity contribution >= 4 is 38.2 Å². The molecular weight excluding hydrogens is 143 g/mol. The minimum absolute atomic E-state index is 0. The third-order valence-corrected chi connectivity index (χ3v) is 0. The number of halogens is 2. The van der Waals surface area contributed by atoms with Gasteiger partial charge in [-0.15, -0.1) is 0 Å². The summed E-state index contributed by atoms with van der Waals surface area (Å²) in [5, 5.41) is 0. The first-order valence-electron chi connectivity index (χ1n) is 0.535. The predicted molar refractivity (Wildman–Crippen MR) is 18.9 cm³/mol. The summed E-state index contributed by atoms with van der Waals surface area (Å²) in [6.07, 6.45) is 0. The maximum absolute atomic E-state index is 4.95. The Labute approximate surface area is 53.1 Å². The van der Waals surface area contributed by atoms with Crippen molar-refractivity contribution in [3.8, 4) is 0 Å². The maximum atomic E-state index is 4.95. The van der Waals surface area contributed by atoms with Gasteiger partial charge in [-0.3, -0.25) is 0 Å². The molecule has 4 heavy (non-hydrogen) atoms. The summed E-state index contributed by atoms with van der Waals surface area (Å²) < 4.78 is 0. The molecule has 0 atom stereocenters. The zero-order valence-electron chi connectivity index (χ0n) is 1.46. The van der Waals surface area contributed by atoms with Gasteiger partial charge >= 0.3 is 53.4 Å². The van der Waals surface area contributed by atoms with Crippen molar-refractivity contribution in [3.05, 3.63) is 0 Å². The molecule has 0 rings (SSSR count). The van der Waals surface area contributed by atoms with Crippen molar-refractivity contribution in [1.29, 1.82) is 0 Å². The summed E-state index contributed by atoms with van der Waals surface area (Å²) in [6, 6.07) is 0. The van der Waals surface area contributed by atoms with Crippen LogP contribution in [0.2, 0.25) is 0 Å². The van der Waals surface area contributed by atoms with Crippen LogP contribution < -0.4 is 0 Å². The van der Waals surface area contributed by atoms with E-state index in [1.54, 1.807) is 0 Å². The molecule has 0 radical (unpaired) electrons. The first kappa shape index (κ1) is 9.25. The molecule has 0 unspecified atom stereocenters. The van der Waals surface area contributed by atoms with E-state index in [-0.39, 0.29) is 18.9 Å². The predicted octanol–water partition coefficient (Wildman–Crippen LogP) is 0.728. The Balaban J connectivity index is 0. The molecule has 0 saturated carbocycles. The standard InChI is InChI=1S/2ClH.Li.Zn.H/h2*1H;;;/q;;;+2;/p-2. The van der Waals surface area contributed by atoms with Crippen LogP contribution in [0.1, 0.15) is 0 Å². The van der Waals surface area contributed by atoms with Crippen LogP contribution in [0.15, 0.2) is 0 Å². The van der Waals surface area contributed by atoms with Crippen LogP contribution in [-0.4, -0.2) is 18.9 Å². The molecule has 0 amide bonds. The zero-order valence-corrected chi connectivity index (χ0v) is 5.94. The van der Waals surface area contributed by atoms with Crippen molar-refractivity contribution in [2.24, 2.45) is 0 Å². The van der Waals surface area contributed by atoms with E-state index >= 15 is 0 Å². The second kappa shape index (κ2) is 8.84. The van der Waals surface area contributed by atoms with E-state index < -0.39 is 15.1 Å². The molecule has 0 aliphatic heterocycles. The fourth-order valence-corrected chi connectivity index (χ4v) is 0. The fraction of sp³-hybridized carbons (Fsp3) is 0. The van der Waals surface area contributed by atoms with Crippen LogP contribution in [-0.2, 0) is 15.1 Å². The van der Waals surface area contributed by atoms with Crippen LogP contribution in [0.4, 0.5) is 0 Å². The number of rotatable bonds is 0.